The molecule has 0 bridgehead atoms. The van der Waals surface area contributed by atoms with E-state index in [1.54, 1.807) is 20.8 Å². The smallest absolute Gasteiger partial charge is 0.307 e. The third-order valence-electron chi connectivity index (χ3n) is 2.10. The molecule has 0 saturated carbocycles. The van der Waals surface area contributed by atoms with Crippen LogP contribution >= 0.6 is 0 Å². The summed E-state index contributed by atoms with van der Waals surface area (Å²) in [4.78, 5) is 23.1. The van der Waals surface area contributed by atoms with Crippen LogP contribution in [0.1, 0.15) is 47.5 Å². The standard InChI is InChI=1S/C12H24N2O3/c1-8(2)6-9(11(16)14-13)7-10(15)17-12(3,4)5/h8-9H,6-7,13H2,1-5H3,(H,14,16)/t9-/m1/s1. The van der Waals surface area contributed by atoms with Gasteiger partial charge in [0.25, 0.3) is 0 Å². The molecule has 0 aliphatic carbocycles. The summed E-state index contributed by atoms with van der Waals surface area (Å²) in [5.41, 5.74) is 1.56. The fraction of sp³-hybridized carbons (Fsp3) is 0.833. The molecule has 0 aliphatic rings. The minimum Gasteiger partial charge on any atom is -0.460 e. The maximum absolute atomic E-state index is 11.6. The molecule has 0 aromatic heterocycles. The van der Waals surface area contributed by atoms with Gasteiger partial charge in [0.05, 0.1) is 6.42 Å². The molecule has 0 saturated heterocycles. The molecule has 5 nitrogen and oxygen atoms in total. The highest BCUT2D eigenvalue weighted by Gasteiger charge is 2.25. The lowest BCUT2D eigenvalue weighted by Crippen LogP contribution is -2.38. The minimum atomic E-state index is -0.529. The molecule has 100 valence electrons. The van der Waals surface area contributed by atoms with Crippen molar-refractivity contribution in [3.05, 3.63) is 0 Å². The van der Waals surface area contributed by atoms with Crippen LogP contribution in [-0.4, -0.2) is 17.5 Å². The summed E-state index contributed by atoms with van der Waals surface area (Å²) in [6, 6.07) is 0. The molecular weight excluding hydrogens is 220 g/mol. The zero-order chi connectivity index (χ0) is 13.6. The Morgan fingerprint density at radius 2 is 1.82 bits per heavy atom. The average molecular weight is 244 g/mol. The number of amides is 1. The first-order valence-corrected chi connectivity index (χ1v) is 5.88. The third-order valence-corrected chi connectivity index (χ3v) is 2.10. The van der Waals surface area contributed by atoms with E-state index in [0.29, 0.717) is 12.3 Å². The van der Waals surface area contributed by atoms with Crippen molar-refractivity contribution in [2.45, 2.75) is 53.1 Å². The minimum absolute atomic E-state index is 0.0679. The van der Waals surface area contributed by atoms with Crippen LogP contribution in [0.3, 0.4) is 0 Å². The predicted molar refractivity (Wildman–Crippen MR) is 65.7 cm³/mol. The number of nitrogens with one attached hydrogen (secondary N) is 1. The van der Waals surface area contributed by atoms with Gasteiger partial charge < -0.3 is 4.74 Å². The van der Waals surface area contributed by atoms with Gasteiger partial charge in [-0.3, -0.25) is 15.0 Å². The van der Waals surface area contributed by atoms with E-state index in [9.17, 15) is 9.59 Å². The Bertz CT molecular complexity index is 269. The van der Waals surface area contributed by atoms with Gasteiger partial charge in [-0.15, -0.1) is 0 Å². The van der Waals surface area contributed by atoms with Crippen molar-refractivity contribution >= 4 is 11.9 Å². The van der Waals surface area contributed by atoms with Crippen molar-refractivity contribution in [2.24, 2.45) is 17.7 Å². The molecule has 1 atom stereocenters. The zero-order valence-corrected chi connectivity index (χ0v) is 11.4. The number of nitrogens with two attached hydrogens (primary N) is 1. The SMILES string of the molecule is CC(C)C[C@H](CC(=O)OC(C)(C)C)C(=O)NN. The number of rotatable bonds is 5. The first-order chi connectivity index (χ1) is 7.65. The predicted octanol–water partition coefficient (Wildman–Crippen LogP) is 1.37. The molecule has 17 heavy (non-hydrogen) atoms. The second kappa shape index (κ2) is 6.59. The van der Waals surface area contributed by atoms with E-state index in [-0.39, 0.29) is 18.3 Å². The van der Waals surface area contributed by atoms with Crippen LogP contribution in [0.15, 0.2) is 0 Å². The normalized spacial score (nSPS) is 13.4. The van der Waals surface area contributed by atoms with Gasteiger partial charge in [0.1, 0.15) is 5.60 Å². The number of hydrazine groups is 1. The number of carbonyl (C=O) groups is 2. The van der Waals surface area contributed by atoms with Gasteiger partial charge in [-0.25, -0.2) is 5.84 Å². The largest absolute Gasteiger partial charge is 0.460 e. The molecule has 0 unspecified atom stereocenters. The van der Waals surface area contributed by atoms with Crippen molar-refractivity contribution < 1.29 is 14.3 Å². The number of hydrogen-bond donors (Lipinski definition) is 2. The molecule has 0 rings (SSSR count). The Balaban J connectivity index is 4.43. The summed E-state index contributed by atoms with van der Waals surface area (Å²) in [7, 11) is 0. The second-order valence-corrected chi connectivity index (χ2v) is 5.63. The zero-order valence-electron chi connectivity index (χ0n) is 11.4. The summed E-state index contributed by atoms with van der Waals surface area (Å²) in [5.74, 6) is 4.31. The molecule has 0 aromatic carbocycles. The Hall–Kier alpha value is -1.10. The van der Waals surface area contributed by atoms with Gasteiger partial charge in [-0.1, -0.05) is 13.8 Å². The summed E-state index contributed by atoms with van der Waals surface area (Å²) in [6.07, 6.45) is 0.681. The summed E-state index contributed by atoms with van der Waals surface area (Å²) in [6.45, 7) is 9.37. The van der Waals surface area contributed by atoms with Crippen molar-refractivity contribution in [1.29, 1.82) is 0 Å². The maximum Gasteiger partial charge on any atom is 0.307 e. The van der Waals surface area contributed by atoms with Gasteiger partial charge in [-0.2, -0.15) is 0 Å². The van der Waals surface area contributed by atoms with Crippen LogP contribution in [0.25, 0.3) is 0 Å². The van der Waals surface area contributed by atoms with Gasteiger partial charge in [0, 0.05) is 5.92 Å². The van der Waals surface area contributed by atoms with Crippen LogP contribution in [0.5, 0.6) is 0 Å². The monoisotopic (exact) mass is 244 g/mol. The van der Waals surface area contributed by atoms with Crippen LogP contribution < -0.4 is 11.3 Å². The molecule has 0 radical (unpaired) electrons. The number of hydrogen-bond acceptors (Lipinski definition) is 4. The van der Waals surface area contributed by atoms with E-state index < -0.39 is 11.5 Å². The van der Waals surface area contributed by atoms with Gasteiger partial charge in [0.15, 0.2) is 0 Å². The molecular formula is C12H24N2O3. The van der Waals surface area contributed by atoms with E-state index in [1.165, 1.54) is 0 Å². The van der Waals surface area contributed by atoms with Gasteiger partial charge >= 0.3 is 5.97 Å². The van der Waals surface area contributed by atoms with E-state index in [4.69, 9.17) is 10.6 Å². The summed E-state index contributed by atoms with van der Waals surface area (Å²) in [5, 5.41) is 0. The molecule has 0 spiro atoms. The molecule has 3 N–H and O–H groups in total. The first kappa shape index (κ1) is 15.9. The lowest BCUT2D eigenvalue weighted by atomic mass is 9.93. The molecule has 0 fully saturated rings. The maximum atomic E-state index is 11.6. The number of carbonyl (C=O) groups excluding carboxylic acids is 2. The van der Waals surface area contributed by atoms with E-state index in [2.05, 4.69) is 5.43 Å². The van der Waals surface area contributed by atoms with Crippen molar-refractivity contribution in [3.8, 4) is 0 Å². The van der Waals surface area contributed by atoms with E-state index >= 15 is 0 Å². The lowest BCUT2D eigenvalue weighted by molar-refractivity contribution is -0.157. The Morgan fingerprint density at radius 1 is 1.29 bits per heavy atom. The van der Waals surface area contributed by atoms with Crippen molar-refractivity contribution in [1.82, 2.24) is 5.43 Å². The summed E-state index contributed by atoms with van der Waals surface area (Å²) >= 11 is 0. The van der Waals surface area contributed by atoms with Crippen LogP contribution in [0.4, 0.5) is 0 Å². The molecule has 5 heteroatoms. The van der Waals surface area contributed by atoms with Crippen LogP contribution in [-0.2, 0) is 14.3 Å². The highest BCUT2D eigenvalue weighted by Crippen LogP contribution is 2.18. The molecule has 0 aromatic rings. The number of esters is 1. The molecule has 0 aliphatic heterocycles. The first-order valence-electron chi connectivity index (χ1n) is 5.88. The number of ether oxygens (including phenoxy) is 1. The van der Waals surface area contributed by atoms with Gasteiger partial charge in [0.2, 0.25) is 5.91 Å². The molecule has 0 heterocycles. The Morgan fingerprint density at radius 3 is 2.18 bits per heavy atom. The quantitative estimate of drug-likeness (QED) is 0.331. The van der Waals surface area contributed by atoms with E-state index in [0.717, 1.165) is 0 Å². The van der Waals surface area contributed by atoms with Crippen molar-refractivity contribution in [2.75, 3.05) is 0 Å². The third kappa shape index (κ3) is 7.74. The van der Waals surface area contributed by atoms with E-state index in [1.807, 2.05) is 13.8 Å². The Labute approximate surface area is 103 Å². The fourth-order valence-corrected chi connectivity index (χ4v) is 1.55. The topological polar surface area (TPSA) is 81.4 Å². The van der Waals surface area contributed by atoms with Crippen molar-refractivity contribution in [3.63, 3.8) is 0 Å². The highest BCUT2D eigenvalue weighted by atomic mass is 16.6. The van der Waals surface area contributed by atoms with Crippen LogP contribution in [0.2, 0.25) is 0 Å². The van der Waals surface area contributed by atoms with Crippen LogP contribution in [0, 0.1) is 11.8 Å². The van der Waals surface area contributed by atoms with Gasteiger partial charge in [-0.05, 0) is 33.1 Å². The highest BCUT2D eigenvalue weighted by molar-refractivity contribution is 5.83. The average Bonchev–Trinajstić information content (AvgIpc) is 2.11. The molecule has 1 amide bonds. The Kier molecular flexibility index (Phi) is 6.16. The summed E-state index contributed by atoms with van der Waals surface area (Å²) < 4.78 is 5.18. The lowest BCUT2D eigenvalue weighted by Gasteiger charge is -2.22. The second-order valence-electron chi connectivity index (χ2n) is 5.63. The fourth-order valence-electron chi connectivity index (χ4n) is 1.55.